The first kappa shape index (κ1) is 15.1. The van der Waals surface area contributed by atoms with Gasteiger partial charge in [0.2, 0.25) is 0 Å². The summed E-state index contributed by atoms with van der Waals surface area (Å²) >= 11 is 0. The van der Waals surface area contributed by atoms with Gasteiger partial charge in [-0.2, -0.15) is 0 Å². The zero-order chi connectivity index (χ0) is 14.9. The van der Waals surface area contributed by atoms with Crippen molar-refractivity contribution in [2.75, 3.05) is 13.2 Å². The summed E-state index contributed by atoms with van der Waals surface area (Å²) in [6.07, 6.45) is 5.89. The van der Waals surface area contributed by atoms with Gasteiger partial charge < -0.3 is 5.32 Å². The number of unbranched alkanes of at least 4 members (excludes halogenated alkanes) is 1. The smallest absolute Gasteiger partial charge is 0.276 e. The highest BCUT2D eigenvalue weighted by atomic mass is 16.1. The van der Waals surface area contributed by atoms with Crippen LogP contribution >= 0.6 is 0 Å². The van der Waals surface area contributed by atoms with Crippen molar-refractivity contribution in [3.8, 4) is 11.4 Å². The fourth-order valence-corrected chi connectivity index (χ4v) is 1.96. The van der Waals surface area contributed by atoms with Crippen LogP contribution in [0.4, 0.5) is 0 Å². The summed E-state index contributed by atoms with van der Waals surface area (Å²) in [7, 11) is 0. The summed E-state index contributed by atoms with van der Waals surface area (Å²) in [5.41, 5.74) is 2.45. The van der Waals surface area contributed by atoms with Gasteiger partial charge in [-0.25, -0.2) is 9.97 Å². The SMILES string of the molecule is CCCCNCNC(=O)c1cc[nH+]c(-c2cccc[nH+]2)c1. The average Bonchev–Trinajstić information content (AvgIpc) is 2.55. The first-order chi connectivity index (χ1) is 10.3. The van der Waals surface area contributed by atoms with E-state index in [4.69, 9.17) is 0 Å². The Balaban J connectivity index is 1.96. The first-order valence-corrected chi connectivity index (χ1v) is 7.29. The quantitative estimate of drug-likeness (QED) is 0.590. The first-order valence-electron chi connectivity index (χ1n) is 7.29. The number of carbonyl (C=O) groups is 1. The molecule has 0 unspecified atom stereocenters. The largest absolute Gasteiger partial charge is 0.339 e. The van der Waals surface area contributed by atoms with E-state index in [0.717, 1.165) is 30.8 Å². The number of carbonyl (C=O) groups excluding carboxylic acids is 1. The van der Waals surface area contributed by atoms with E-state index in [1.807, 2.05) is 30.5 Å². The summed E-state index contributed by atoms with van der Waals surface area (Å²) < 4.78 is 0. The molecule has 21 heavy (non-hydrogen) atoms. The molecule has 5 nitrogen and oxygen atoms in total. The van der Waals surface area contributed by atoms with Crippen LogP contribution in [0.2, 0.25) is 0 Å². The molecule has 0 spiro atoms. The Hall–Kier alpha value is -2.27. The van der Waals surface area contributed by atoms with E-state index in [0.29, 0.717) is 12.2 Å². The molecule has 110 valence electrons. The molecule has 2 rings (SSSR count). The lowest BCUT2D eigenvalue weighted by Gasteiger charge is -2.06. The molecule has 0 fully saturated rings. The normalized spacial score (nSPS) is 10.3. The van der Waals surface area contributed by atoms with Gasteiger partial charge in [-0.15, -0.1) is 0 Å². The second-order valence-electron chi connectivity index (χ2n) is 4.80. The lowest BCUT2D eigenvalue weighted by Crippen LogP contribution is -2.34. The highest BCUT2D eigenvalue weighted by Gasteiger charge is 2.15. The third kappa shape index (κ3) is 4.65. The fourth-order valence-electron chi connectivity index (χ4n) is 1.96. The van der Waals surface area contributed by atoms with Gasteiger partial charge in [0.05, 0.1) is 12.2 Å². The van der Waals surface area contributed by atoms with Crippen LogP contribution < -0.4 is 20.6 Å². The molecule has 1 amide bonds. The van der Waals surface area contributed by atoms with E-state index in [2.05, 4.69) is 27.5 Å². The van der Waals surface area contributed by atoms with Crippen molar-refractivity contribution in [3.63, 3.8) is 0 Å². The highest BCUT2D eigenvalue weighted by molar-refractivity contribution is 5.94. The van der Waals surface area contributed by atoms with Crippen LogP contribution in [0.25, 0.3) is 11.4 Å². The number of hydrogen-bond donors (Lipinski definition) is 2. The van der Waals surface area contributed by atoms with Crippen LogP contribution in [0, 0.1) is 0 Å². The van der Waals surface area contributed by atoms with Crippen LogP contribution in [0.1, 0.15) is 30.1 Å². The summed E-state index contributed by atoms with van der Waals surface area (Å²) in [6.45, 7) is 3.55. The Morgan fingerprint density at radius 1 is 1.14 bits per heavy atom. The minimum absolute atomic E-state index is 0.0785. The molecule has 0 aromatic carbocycles. The van der Waals surface area contributed by atoms with Gasteiger partial charge in [-0.3, -0.25) is 10.1 Å². The Labute approximate surface area is 124 Å². The second kappa shape index (κ2) is 8.11. The van der Waals surface area contributed by atoms with Gasteiger partial charge in [0, 0.05) is 24.3 Å². The molecule has 0 saturated heterocycles. The molecular weight excluding hydrogens is 264 g/mol. The fraction of sp³-hybridized carbons (Fsp3) is 0.312. The number of H-pyrrole nitrogens is 2. The van der Waals surface area contributed by atoms with Crippen LogP contribution in [0.5, 0.6) is 0 Å². The van der Waals surface area contributed by atoms with Crippen molar-refractivity contribution < 1.29 is 14.8 Å². The average molecular weight is 286 g/mol. The van der Waals surface area contributed by atoms with Gasteiger partial charge in [-0.05, 0) is 19.0 Å². The molecule has 0 atom stereocenters. The summed E-state index contributed by atoms with van der Waals surface area (Å²) in [4.78, 5) is 18.4. The van der Waals surface area contributed by atoms with Crippen LogP contribution in [-0.4, -0.2) is 19.1 Å². The molecule has 2 aromatic rings. The molecule has 0 saturated carbocycles. The second-order valence-corrected chi connectivity index (χ2v) is 4.80. The zero-order valence-electron chi connectivity index (χ0n) is 12.3. The summed E-state index contributed by atoms with van der Waals surface area (Å²) in [5.74, 6) is -0.0785. The third-order valence-corrected chi connectivity index (χ3v) is 3.14. The van der Waals surface area contributed by atoms with Gasteiger partial charge in [0.1, 0.15) is 0 Å². The molecule has 2 aromatic heterocycles. The third-order valence-electron chi connectivity index (χ3n) is 3.14. The molecule has 5 heteroatoms. The number of aromatic nitrogens is 2. The Morgan fingerprint density at radius 2 is 2.00 bits per heavy atom. The summed E-state index contributed by atoms with van der Waals surface area (Å²) in [6, 6.07) is 9.44. The van der Waals surface area contributed by atoms with Crippen LogP contribution in [0.15, 0.2) is 42.7 Å². The topological polar surface area (TPSA) is 69.4 Å². The highest BCUT2D eigenvalue weighted by Crippen LogP contribution is 2.09. The molecule has 0 aliphatic heterocycles. The van der Waals surface area contributed by atoms with Gasteiger partial charge >= 0.3 is 0 Å². The van der Waals surface area contributed by atoms with Gasteiger partial charge in [0.25, 0.3) is 17.3 Å². The number of rotatable bonds is 7. The lowest BCUT2D eigenvalue weighted by atomic mass is 10.1. The van der Waals surface area contributed by atoms with Crippen molar-refractivity contribution >= 4 is 5.91 Å². The maximum atomic E-state index is 12.1. The molecule has 0 aliphatic carbocycles. The molecule has 0 radical (unpaired) electrons. The van der Waals surface area contributed by atoms with E-state index in [-0.39, 0.29) is 5.91 Å². The maximum absolute atomic E-state index is 12.1. The van der Waals surface area contributed by atoms with Crippen molar-refractivity contribution in [2.24, 2.45) is 0 Å². The number of hydrogen-bond acceptors (Lipinski definition) is 2. The van der Waals surface area contributed by atoms with E-state index < -0.39 is 0 Å². The number of nitrogens with one attached hydrogen (secondary N) is 4. The molecule has 2 heterocycles. The Bertz CT molecular complexity index is 571. The summed E-state index contributed by atoms with van der Waals surface area (Å²) in [5, 5.41) is 6.05. The molecule has 0 bridgehead atoms. The van der Waals surface area contributed by atoms with E-state index >= 15 is 0 Å². The van der Waals surface area contributed by atoms with E-state index in [1.54, 1.807) is 12.3 Å². The molecule has 0 aliphatic rings. The minimum atomic E-state index is -0.0785. The van der Waals surface area contributed by atoms with Gasteiger partial charge in [-0.1, -0.05) is 13.3 Å². The van der Waals surface area contributed by atoms with Crippen molar-refractivity contribution in [2.45, 2.75) is 19.8 Å². The zero-order valence-corrected chi connectivity index (χ0v) is 12.3. The monoisotopic (exact) mass is 286 g/mol. The van der Waals surface area contributed by atoms with E-state index in [1.165, 1.54) is 0 Å². The molecule has 4 N–H and O–H groups in total. The Morgan fingerprint density at radius 3 is 2.76 bits per heavy atom. The van der Waals surface area contributed by atoms with Crippen molar-refractivity contribution in [3.05, 3.63) is 48.3 Å². The number of pyridine rings is 2. The number of aromatic amines is 2. The van der Waals surface area contributed by atoms with Crippen molar-refractivity contribution in [1.29, 1.82) is 0 Å². The standard InChI is InChI=1S/C16H20N4O/c1-2-3-8-17-12-20-16(21)13-7-10-19-15(11-13)14-6-4-5-9-18-14/h4-7,9-11,17H,2-3,8,12H2,1H3,(H,20,21)/p+2. The molecular formula is C16H22N4O+2. The number of amides is 1. The van der Waals surface area contributed by atoms with Crippen LogP contribution in [0.3, 0.4) is 0 Å². The lowest BCUT2D eigenvalue weighted by molar-refractivity contribution is -0.402. The van der Waals surface area contributed by atoms with Crippen molar-refractivity contribution in [1.82, 2.24) is 10.6 Å². The van der Waals surface area contributed by atoms with E-state index in [9.17, 15) is 4.79 Å². The minimum Gasteiger partial charge on any atom is -0.339 e. The maximum Gasteiger partial charge on any atom is 0.276 e. The predicted molar refractivity (Wildman–Crippen MR) is 80.2 cm³/mol. The predicted octanol–water partition coefficient (Wildman–Crippen LogP) is 1.06. The van der Waals surface area contributed by atoms with Gasteiger partial charge in [0.15, 0.2) is 12.4 Å². The Kier molecular flexibility index (Phi) is 5.84. The van der Waals surface area contributed by atoms with Crippen LogP contribution in [-0.2, 0) is 0 Å².